The first-order valence-corrected chi connectivity index (χ1v) is 8.14. The van der Waals surface area contributed by atoms with Crippen molar-refractivity contribution in [3.63, 3.8) is 0 Å². The van der Waals surface area contributed by atoms with Crippen LogP contribution in [0, 0.1) is 5.92 Å². The third-order valence-corrected chi connectivity index (χ3v) is 4.74. The molecule has 1 aromatic heterocycles. The van der Waals surface area contributed by atoms with Crippen LogP contribution in [-0.4, -0.2) is 15.8 Å². The Hall–Kier alpha value is -1.81. The van der Waals surface area contributed by atoms with Gasteiger partial charge in [-0.1, -0.05) is 49.6 Å². The van der Waals surface area contributed by atoms with E-state index in [-0.39, 0.29) is 10.6 Å². The van der Waals surface area contributed by atoms with Crippen molar-refractivity contribution < 1.29 is 0 Å². The van der Waals surface area contributed by atoms with Crippen molar-refractivity contribution in [1.82, 2.24) is 9.78 Å². The zero-order chi connectivity index (χ0) is 15.5. The lowest BCUT2D eigenvalue weighted by atomic mass is 9.86. The fraction of sp³-hybridized carbons (Fsp3) is 0.412. The fourth-order valence-corrected chi connectivity index (χ4v) is 3.20. The van der Waals surface area contributed by atoms with Gasteiger partial charge in [-0.25, -0.2) is 0 Å². The monoisotopic (exact) mass is 317 g/mol. The lowest BCUT2D eigenvalue weighted by molar-refractivity contribution is 0.349. The fourth-order valence-electron chi connectivity index (χ4n) is 3.02. The predicted molar refractivity (Wildman–Crippen MR) is 89.9 cm³/mol. The maximum atomic E-state index is 12.4. The van der Waals surface area contributed by atoms with Crippen LogP contribution in [0.15, 0.2) is 41.3 Å². The molecule has 0 unspecified atom stereocenters. The number of hydrogen-bond acceptors (Lipinski definition) is 3. The van der Waals surface area contributed by atoms with Crippen molar-refractivity contribution in [1.29, 1.82) is 0 Å². The summed E-state index contributed by atoms with van der Waals surface area (Å²) >= 11 is 6.28. The molecule has 0 radical (unpaired) electrons. The Kier molecular flexibility index (Phi) is 4.48. The van der Waals surface area contributed by atoms with E-state index < -0.39 is 0 Å². The number of halogens is 1. The van der Waals surface area contributed by atoms with E-state index in [1.54, 1.807) is 6.20 Å². The van der Waals surface area contributed by atoms with Gasteiger partial charge in [-0.3, -0.25) is 4.79 Å². The Balaban J connectivity index is 1.88. The van der Waals surface area contributed by atoms with Crippen molar-refractivity contribution in [2.45, 2.75) is 38.6 Å². The SMILES string of the molecule is C[C@@H]1CCCC[C@@H]1Nc1cnn(-c2ccccc2)c(=O)c1Cl. The summed E-state index contributed by atoms with van der Waals surface area (Å²) in [5, 5.41) is 7.87. The zero-order valence-corrected chi connectivity index (χ0v) is 13.4. The number of hydrogen-bond donors (Lipinski definition) is 1. The van der Waals surface area contributed by atoms with Gasteiger partial charge in [0.15, 0.2) is 0 Å². The second-order valence-corrected chi connectivity index (χ2v) is 6.32. The van der Waals surface area contributed by atoms with Gasteiger partial charge >= 0.3 is 0 Å². The lowest BCUT2D eigenvalue weighted by Crippen LogP contribution is -2.32. The summed E-state index contributed by atoms with van der Waals surface area (Å²) in [7, 11) is 0. The van der Waals surface area contributed by atoms with E-state index in [1.165, 1.54) is 23.9 Å². The first kappa shape index (κ1) is 15.1. The first-order chi connectivity index (χ1) is 10.7. The molecule has 1 fully saturated rings. The van der Waals surface area contributed by atoms with Crippen LogP contribution in [0.2, 0.25) is 5.02 Å². The van der Waals surface area contributed by atoms with Crippen molar-refractivity contribution in [3.05, 3.63) is 51.9 Å². The predicted octanol–water partition coefficient (Wildman–Crippen LogP) is 3.88. The maximum Gasteiger partial charge on any atom is 0.292 e. The number of nitrogens with one attached hydrogen (secondary N) is 1. The van der Waals surface area contributed by atoms with Crippen LogP contribution in [0.5, 0.6) is 0 Å². The van der Waals surface area contributed by atoms with E-state index in [2.05, 4.69) is 17.3 Å². The minimum Gasteiger partial charge on any atom is -0.379 e. The van der Waals surface area contributed by atoms with Gasteiger partial charge in [0.05, 0.1) is 17.6 Å². The standard InChI is InChI=1S/C17H20ClN3O/c1-12-7-5-6-10-14(12)20-15-11-19-21(17(22)16(15)18)13-8-3-2-4-9-13/h2-4,8-9,11-12,14,20H,5-7,10H2,1H3/t12-,14+/m1/s1. The summed E-state index contributed by atoms with van der Waals surface area (Å²) < 4.78 is 1.33. The summed E-state index contributed by atoms with van der Waals surface area (Å²) in [5.41, 5.74) is 1.06. The topological polar surface area (TPSA) is 46.9 Å². The molecule has 1 saturated carbocycles. The number of benzene rings is 1. The van der Waals surface area contributed by atoms with Gasteiger partial charge < -0.3 is 5.32 Å². The largest absolute Gasteiger partial charge is 0.379 e. The van der Waals surface area contributed by atoms with Gasteiger partial charge in [-0.15, -0.1) is 0 Å². The summed E-state index contributed by atoms with van der Waals surface area (Å²) in [6.07, 6.45) is 6.47. The molecule has 2 aromatic rings. The molecule has 1 aliphatic rings. The molecule has 3 rings (SSSR count). The van der Waals surface area contributed by atoms with Gasteiger partial charge in [0.2, 0.25) is 0 Å². The summed E-state index contributed by atoms with van der Waals surface area (Å²) in [6.45, 7) is 2.24. The minimum absolute atomic E-state index is 0.205. The summed E-state index contributed by atoms with van der Waals surface area (Å²) in [6, 6.07) is 9.67. The van der Waals surface area contributed by atoms with E-state index in [0.717, 1.165) is 6.42 Å². The van der Waals surface area contributed by atoms with Crippen molar-refractivity contribution >= 4 is 17.3 Å². The van der Waals surface area contributed by atoms with Crippen LogP contribution in [-0.2, 0) is 0 Å². The van der Waals surface area contributed by atoms with E-state index in [1.807, 2.05) is 30.3 Å². The number of aromatic nitrogens is 2. The zero-order valence-electron chi connectivity index (χ0n) is 12.6. The highest BCUT2D eigenvalue weighted by atomic mass is 35.5. The van der Waals surface area contributed by atoms with E-state index in [9.17, 15) is 4.79 Å². The quantitative estimate of drug-likeness (QED) is 0.934. The molecule has 1 aromatic carbocycles. The molecule has 116 valence electrons. The number of para-hydroxylation sites is 1. The molecule has 1 N–H and O–H groups in total. The van der Waals surface area contributed by atoms with Gasteiger partial charge in [0.25, 0.3) is 5.56 Å². The molecule has 0 bridgehead atoms. The van der Waals surface area contributed by atoms with Gasteiger partial charge in [0.1, 0.15) is 5.02 Å². The van der Waals surface area contributed by atoms with E-state index >= 15 is 0 Å². The van der Waals surface area contributed by atoms with E-state index in [0.29, 0.717) is 23.3 Å². The Labute approximate surface area is 135 Å². The number of nitrogens with zero attached hydrogens (tertiary/aromatic N) is 2. The molecule has 22 heavy (non-hydrogen) atoms. The molecule has 4 nitrogen and oxygen atoms in total. The van der Waals surface area contributed by atoms with Gasteiger partial charge in [-0.2, -0.15) is 9.78 Å². The molecule has 0 amide bonds. The van der Waals surface area contributed by atoms with Crippen molar-refractivity contribution in [2.24, 2.45) is 5.92 Å². The molecule has 1 heterocycles. The van der Waals surface area contributed by atoms with Gasteiger partial charge in [-0.05, 0) is 30.9 Å². The third kappa shape index (κ3) is 3.02. The van der Waals surface area contributed by atoms with Crippen molar-refractivity contribution in [2.75, 3.05) is 5.32 Å². The van der Waals surface area contributed by atoms with Crippen LogP contribution in [0.4, 0.5) is 5.69 Å². The Morgan fingerprint density at radius 3 is 2.68 bits per heavy atom. The maximum absolute atomic E-state index is 12.4. The molecule has 0 saturated heterocycles. The minimum atomic E-state index is -0.290. The highest BCUT2D eigenvalue weighted by Crippen LogP contribution is 2.28. The Morgan fingerprint density at radius 1 is 1.23 bits per heavy atom. The Bertz CT molecular complexity index is 699. The normalized spacial score (nSPS) is 21.5. The van der Waals surface area contributed by atoms with E-state index in [4.69, 9.17) is 11.6 Å². The average Bonchev–Trinajstić information content (AvgIpc) is 2.55. The first-order valence-electron chi connectivity index (χ1n) is 7.76. The van der Waals surface area contributed by atoms with Crippen LogP contribution >= 0.6 is 11.6 Å². The van der Waals surface area contributed by atoms with Gasteiger partial charge in [0, 0.05) is 6.04 Å². The van der Waals surface area contributed by atoms with Crippen LogP contribution in [0.1, 0.15) is 32.6 Å². The smallest absolute Gasteiger partial charge is 0.292 e. The second-order valence-electron chi connectivity index (χ2n) is 5.94. The third-order valence-electron chi connectivity index (χ3n) is 4.37. The molecule has 0 spiro atoms. The molecular formula is C17H20ClN3O. The van der Waals surface area contributed by atoms with Crippen LogP contribution in [0.25, 0.3) is 5.69 Å². The molecular weight excluding hydrogens is 298 g/mol. The highest BCUT2D eigenvalue weighted by molar-refractivity contribution is 6.32. The molecule has 5 heteroatoms. The average molecular weight is 318 g/mol. The Morgan fingerprint density at radius 2 is 1.95 bits per heavy atom. The summed E-state index contributed by atoms with van der Waals surface area (Å²) in [4.78, 5) is 12.4. The number of rotatable bonds is 3. The van der Waals surface area contributed by atoms with Crippen LogP contribution in [0.3, 0.4) is 0 Å². The molecule has 1 aliphatic carbocycles. The van der Waals surface area contributed by atoms with Crippen LogP contribution < -0.4 is 10.9 Å². The second kappa shape index (κ2) is 6.53. The van der Waals surface area contributed by atoms with Crippen molar-refractivity contribution in [3.8, 4) is 5.69 Å². The summed E-state index contributed by atoms with van der Waals surface area (Å²) in [5.74, 6) is 0.585. The lowest BCUT2D eigenvalue weighted by Gasteiger charge is -2.30. The molecule has 0 aliphatic heterocycles. The highest BCUT2D eigenvalue weighted by Gasteiger charge is 2.22. The number of anilines is 1. The molecule has 2 atom stereocenters.